The van der Waals surface area contributed by atoms with Crippen LogP contribution in [0.4, 0.5) is 5.95 Å². The zero-order chi connectivity index (χ0) is 20.7. The van der Waals surface area contributed by atoms with Gasteiger partial charge in [0.05, 0.1) is 16.5 Å². The minimum atomic E-state index is -0.248. The number of aromatic nitrogens is 5. The van der Waals surface area contributed by atoms with E-state index < -0.39 is 0 Å². The first-order chi connectivity index (χ1) is 14.6. The van der Waals surface area contributed by atoms with Crippen molar-refractivity contribution in [3.63, 3.8) is 0 Å². The van der Waals surface area contributed by atoms with E-state index in [0.29, 0.717) is 22.1 Å². The van der Waals surface area contributed by atoms with Crippen molar-refractivity contribution < 1.29 is 0 Å². The molecular formula is C22H17ClN6O. The molecule has 8 heteroatoms. The summed E-state index contributed by atoms with van der Waals surface area (Å²) >= 11 is 6.38. The Morgan fingerprint density at radius 2 is 1.87 bits per heavy atom. The van der Waals surface area contributed by atoms with Gasteiger partial charge in [0.25, 0.3) is 5.56 Å². The average Bonchev–Trinajstić information content (AvgIpc) is 3.24. The Bertz CT molecular complexity index is 1430. The summed E-state index contributed by atoms with van der Waals surface area (Å²) in [7, 11) is 0. The van der Waals surface area contributed by atoms with Crippen molar-refractivity contribution in [1.82, 2.24) is 23.9 Å². The van der Waals surface area contributed by atoms with Gasteiger partial charge < -0.3 is 5.32 Å². The first-order valence-electron chi connectivity index (χ1n) is 9.43. The van der Waals surface area contributed by atoms with E-state index in [1.807, 2.05) is 55.5 Å². The van der Waals surface area contributed by atoms with Crippen molar-refractivity contribution in [3.05, 3.63) is 94.4 Å². The topological polar surface area (TPSA) is 77.1 Å². The molecule has 7 nitrogen and oxygen atoms in total. The Kier molecular flexibility index (Phi) is 4.44. The summed E-state index contributed by atoms with van der Waals surface area (Å²) in [6.07, 6.45) is 4.91. The number of pyridine rings is 1. The van der Waals surface area contributed by atoms with Crippen LogP contribution in [0.1, 0.15) is 18.7 Å². The molecule has 1 N–H and O–H groups in total. The number of hydrogen-bond acceptors (Lipinski definition) is 5. The minimum absolute atomic E-state index is 0.164. The number of imidazole rings is 1. The molecule has 5 aromatic rings. The predicted octanol–water partition coefficient (Wildman–Crippen LogP) is 4.25. The normalized spacial score (nSPS) is 12.3. The Labute approximate surface area is 176 Å². The lowest BCUT2D eigenvalue weighted by Gasteiger charge is -2.21. The fourth-order valence-electron chi connectivity index (χ4n) is 3.63. The van der Waals surface area contributed by atoms with Gasteiger partial charge in [-0.25, -0.2) is 15.0 Å². The Hall–Kier alpha value is -3.71. The van der Waals surface area contributed by atoms with E-state index in [2.05, 4.69) is 20.3 Å². The zero-order valence-electron chi connectivity index (χ0n) is 16.0. The van der Waals surface area contributed by atoms with Crippen LogP contribution in [0.3, 0.4) is 0 Å². The number of halogens is 1. The zero-order valence-corrected chi connectivity index (χ0v) is 16.8. The van der Waals surface area contributed by atoms with Gasteiger partial charge in [0.15, 0.2) is 0 Å². The van der Waals surface area contributed by atoms with Crippen LogP contribution in [0, 0.1) is 0 Å². The van der Waals surface area contributed by atoms with E-state index in [1.165, 1.54) is 6.33 Å². The van der Waals surface area contributed by atoms with E-state index in [1.54, 1.807) is 27.4 Å². The van der Waals surface area contributed by atoms with Crippen molar-refractivity contribution >= 4 is 34.1 Å². The number of benzene rings is 2. The molecule has 3 aromatic heterocycles. The van der Waals surface area contributed by atoms with Crippen LogP contribution in [0.2, 0.25) is 5.02 Å². The van der Waals surface area contributed by atoms with Crippen LogP contribution in [0.15, 0.2) is 78.1 Å². The molecule has 30 heavy (non-hydrogen) atoms. The molecule has 0 bridgehead atoms. The lowest BCUT2D eigenvalue weighted by atomic mass is 10.1. The van der Waals surface area contributed by atoms with E-state index in [4.69, 9.17) is 11.6 Å². The first kappa shape index (κ1) is 18.3. The Morgan fingerprint density at radius 3 is 2.70 bits per heavy atom. The fraction of sp³-hybridized carbons (Fsp3) is 0.0909. The number of anilines is 1. The van der Waals surface area contributed by atoms with Crippen LogP contribution < -0.4 is 10.9 Å². The second kappa shape index (κ2) is 7.27. The molecule has 3 heterocycles. The van der Waals surface area contributed by atoms with Gasteiger partial charge in [-0.1, -0.05) is 41.9 Å². The number of fused-ring (bicyclic) bond motifs is 2. The van der Waals surface area contributed by atoms with Gasteiger partial charge in [0.2, 0.25) is 11.7 Å². The first-order valence-corrected chi connectivity index (χ1v) is 9.81. The fourth-order valence-corrected chi connectivity index (χ4v) is 3.89. The summed E-state index contributed by atoms with van der Waals surface area (Å²) in [5.41, 5.74) is 1.39. The summed E-state index contributed by atoms with van der Waals surface area (Å²) in [5.74, 6) is 1.13. The third kappa shape index (κ3) is 3.00. The number of hydrogen-bond donors (Lipinski definition) is 1. The molecular weight excluding hydrogens is 400 g/mol. The maximum atomic E-state index is 13.5. The molecule has 0 spiro atoms. The van der Waals surface area contributed by atoms with Gasteiger partial charge in [0.1, 0.15) is 6.33 Å². The van der Waals surface area contributed by atoms with E-state index in [-0.39, 0.29) is 11.6 Å². The molecule has 148 valence electrons. The lowest BCUT2D eigenvalue weighted by molar-refractivity contribution is 0.762. The molecule has 0 aliphatic carbocycles. The van der Waals surface area contributed by atoms with Crippen molar-refractivity contribution in [2.75, 3.05) is 5.32 Å². The molecule has 0 radical (unpaired) electrons. The van der Waals surface area contributed by atoms with Gasteiger partial charge in [0, 0.05) is 23.8 Å². The third-order valence-electron chi connectivity index (χ3n) is 5.03. The van der Waals surface area contributed by atoms with Crippen molar-refractivity contribution in [3.8, 4) is 5.69 Å². The van der Waals surface area contributed by atoms with Gasteiger partial charge in [-0.3, -0.25) is 13.8 Å². The van der Waals surface area contributed by atoms with Gasteiger partial charge in [-0.05, 0) is 36.6 Å². The number of nitrogens with zero attached hydrogens (tertiary/aromatic N) is 5. The smallest absolute Gasteiger partial charge is 0.264 e. The summed E-state index contributed by atoms with van der Waals surface area (Å²) in [5, 5.41) is 5.11. The van der Waals surface area contributed by atoms with Gasteiger partial charge in [-0.15, -0.1) is 0 Å². The number of para-hydroxylation sites is 1. The third-order valence-corrected chi connectivity index (χ3v) is 5.35. The summed E-state index contributed by atoms with van der Waals surface area (Å²) < 4.78 is 3.46. The van der Waals surface area contributed by atoms with Crippen molar-refractivity contribution in [2.24, 2.45) is 0 Å². The van der Waals surface area contributed by atoms with Crippen LogP contribution >= 0.6 is 11.6 Å². The SMILES string of the molecule is C[C@H](Nc1ncnc2nccn12)c1cc2cccc(Cl)c2c(=O)n1-c1ccccc1. The highest BCUT2D eigenvalue weighted by Gasteiger charge is 2.18. The Balaban J connectivity index is 1.71. The second-order valence-corrected chi connectivity index (χ2v) is 7.32. The van der Waals surface area contributed by atoms with Crippen LogP contribution in [-0.2, 0) is 0 Å². The molecule has 2 aromatic carbocycles. The minimum Gasteiger partial charge on any atom is -0.347 e. The highest BCUT2D eigenvalue weighted by molar-refractivity contribution is 6.35. The molecule has 0 fully saturated rings. The van der Waals surface area contributed by atoms with Gasteiger partial charge in [-0.2, -0.15) is 0 Å². The summed E-state index contributed by atoms with van der Waals surface area (Å²) in [4.78, 5) is 26.2. The quantitative estimate of drug-likeness (QED) is 0.473. The van der Waals surface area contributed by atoms with Crippen molar-refractivity contribution in [1.29, 1.82) is 0 Å². The Morgan fingerprint density at radius 1 is 1.03 bits per heavy atom. The summed E-state index contributed by atoms with van der Waals surface area (Å²) in [6, 6.07) is 16.7. The van der Waals surface area contributed by atoms with Crippen molar-refractivity contribution in [2.45, 2.75) is 13.0 Å². The maximum absolute atomic E-state index is 13.5. The number of nitrogens with one attached hydrogen (secondary N) is 1. The molecule has 0 aliphatic heterocycles. The molecule has 0 unspecified atom stereocenters. The standard InChI is InChI=1S/C22H17ClN6O/c1-14(27-22-26-13-25-21-24-10-11-28(21)22)18-12-15-6-5-9-17(23)19(15)20(30)29(18)16-7-3-2-4-8-16/h2-14H,1H3,(H,24,25,26,27)/t14-/m0/s1. The summed E-state index contributed by atoms with van der Waals surface area (Å²) in [6.45, 7) is 1.98. The second-order valence-electron chi connectivity index (χ2n) is 6.91. The monoisotopic (exact) mass is 416 g/mol. The lowest BCUT2D eigenvalue weighted by Crippen LogP contribution is -2.26. The molecule has 0 saturated heterocycles. The van der Waals surface area contributed by atoms with Crippen LogP contribution in [0.5, 0.6) is 0 Å². The van der Waals surface area contributed by atoms with Crippen LogP contribution in [0.25, 0.3) is 22.2 Å². The highest BCUT2D eigenvalue weighted by atomic mass is 35.5. The highest BCUT2D eigenvalue weighted by Crippen LogP contribution is 2.26. The van der Waals surface area contributed by atoms with Crippen LogP contribution in [-0.4, -0.2) is 23.9 Å². The van der Waals surface area contributed by atoms with E-state index in [0.717, 1.165) is 16.8 Å². The molecule has 0 saturated carbocycles. The maximum Gasteiger partial charge on any atom is 0.264 e. The molecule has 5 rings (SSSR count). The molecule has 0 amide bonds. The molecule has 0 aliphatic rings. The largest absolute Gasteiger partial charge is 0.347 e. The van der Waals surface area contributed by atoms with Gasteiger partial charge >= 0.3 is 0 Å². The average molecular weight is 417 g/mol. The predicted molar refractivity (Wildman–Crippen MR) is 117 cm³/mol. The van der Waals surface area contributed by atoms with E-state index in [9.17, 15) is 4.79 Å². The molecule has 1 atom stereocenters. The van der Waals surface area contributed by atoms with E-state index >= 15 is 0 Å². The number of rotatable bonds is 4.